The normalized spacial score (nSPS) is 10.9. The number of thiophene rings is 1. The number of halogens is 1. The van der Waals surface area contributed by atoms with Crippen LogP contribution in [0.5, 0.6) is 0 Å². The van der Waals surface area contributed by atoms with Crippen molar-refractivity contribution in [1.82, 2.24) is 9.97 Å². The largest absolute Gasteiger partial charge is 0.360 e. The summed E-state index contributed by atoms with van der Waals surface area (Å²) in [6.07, 6.45) is 1.47. The molecule has 0 saturated heterocycles. The number of aryl methyl sites for hydroxylation is 1. The zero-order valence-corrected chi connectivity index (χ0v) is 16.8. The van der Waals surface area contributed by atoms with Crippen LogP contribution in [-0.2, 0) is 4.79 Å². The van der Waals surface area contributed by atoms with Crippen molar-refractivity contribution in [2.75, 3.05) is 17.2 Å². The molecule has 29 heavy (non-hydrogen) atoms. The Kier molecular flexibility index (Phi) is 5.22. The highest BCUT2D eigenvalue weighted by Gasteiger charge is 2.12. The smallest absolute Gasteiger partial charge is 0.243 e. The fourth-order valence-corrected chi connectivity index (χ4v) is 4.06. The lowest BCUT2D eigenvalue weighted by molar-refractivity contribution is -0.114. The molecule has 0 unspecified atom stereocenters. The predicted octanol–water partition coefficient (Wildman–Crippen LogP) is 5.16. The van der Waals surface area contributed by atoms with Crippen molar-refractivity contribution in [3.8, 4) is 10.4 Å². The maximum atomic E-state index is 13.2. The van der Waals surface area contributed by atoms with E-state index in [4.69, 9.17) is 0 Å². The molecule has 146 valence electrons. The molecular weight excluding hydrogens is 387 g/mol. The second-order valence-corrected chi connectivity index (χ2v) is 7.76. The second kappa shape index (κ2) is 7.97. The van der Waals surface area contributed by atoms with Crippen LogP contribution in [0.2, 0.25) is 0 Å². The Morgan fingerprint density at radius 3 is 2.69 bits per heavy atom. The molecule has 0 spiro atoms. The van der Waals surface area contributed by atoms with E-state index in [9.17, 15) is 9.18 Å². The van der Waals surface area contributed by atoms with Crippen molar-refractivity contribution in [2.24, 2.45) is 0 Å². The van der Waals surface area contributed by atoms with Gasteiger partial charge in [0.25, 0.3) is 0 Å². The maximum Gasteiger partial charge on any atom is 0.243 e. The highest BCUT2D eigenvalue weighted by molar-refractivity contribution is 7.22. The van der Waals surface area contributed by atoms with Crippen molar-refractivity contribution in [3.63, 3.8) is 0 Å². The van der Waals surface area contributed by atoms with Gasteiger partial charge in [-0.2, -0.15) is 0 Å². The molecule has 0 atom stereocenters. The van der Waals surface area contributed by atoms with E-state index in [0.717, 1.165) is 37.5 Å². The highest BCUT2D eigenvalue weighted by Crippen LogP contribution is 2.35. The van der Waals surface area contributed by atoms with Crippen LogP contribution in [0.1, 0.15) is 11.1 Å². The monoisotopic (exact) mass is 406 g/mol. The molecular formula is C22H19FN4OS. The Hall–Kier alpha value is -3.32. The zero-order valence-electron chi connectivity index (χ0n) is 16.0. The molecule has 0 aliphatic heterocycles. The van der Waals surface area contributed by atoms with Crippen molar-refractivity contribution in [3.05, 3.63) is 71.8 Å². The molecule has 0 fully saturated rings. The molecule has 2 heterocycles. The number of hydrogen-bond donors (Lipinski definition) is 2. The summed E-state index contributed by atoms with van der Waals surface area (Å²) in [7, 11) is 0. The number of nitrogens with one attached hydrogen (secondary N) is 2. The van der Waals surface area contributed by atoms with Crippen LogP contribution in [0.25, 0.3) is 20.7 Å². The van der Waals surface area contributed by atoms with E-state index < -0.39 is 0 Å². The van der Waals surface area contributed by atoms with Gasteiger partial charge in [0.2, 0.25) is 5.91 Å². The van der Waals surface area contributed by atoms with E-state index in [1.165, 1.54) is 29.8 Å². The van der Waals surface area contributed by atoms with Gasteiger partial charge in [0.15, 0.2) is 0 Å². The van der Waals surface area contributed by atoms with E-state index in [2.05, 4.69) is 20.6 Å². The van der Waals surface area contributed by atoms with Gasteiger partial charge in [-0.15, -0.1) is 11.3 Å². The van der Waals surface area contributed by atoms with E-state index in [1.54, 1.807) is 12.1 Å². The number of benzene rings is 2. The Balaban J connectivity index is 1.51. The van der Waals surface area contributed by atoms with E-state index in [-0.39, 0.29) is 18.3 Å². The third-order valence-corrected chi connectivity index (χ3v) is 5.92. The van der Waals surface area contributed by atoms with Crippen LogP contribution in [0.4, 0.5) is 15.9 Å². The molecule has 0 aliphatic rings. The summed E-state index contributed by atoms with van der Waals surface area (Å²) in [4.78, 5) is 21.9. The molecule has 5 nitrogen and oxygen atoms in total. The number of hydrogen-bond acceptors (Lipinski definition) is 5. The van der Waals surface area contributed by atoms with Gasteiger partial charge >= 0.3 is 0 Å². The Morgan fingerprint density at radius 2 is 1.90 bits per heavy atom. The summed E-state index contributed by atoms with van der Waals surface area (Å²) in [5, 5.41) is 6.03. The minimum absolute atomic E-state index is 0.0866. The molecule has 0 aliphatic carbocycles. The van der Waals surface area contributed by atoms with Gasteiger partial charge in [0.1, 0.15) is 18.0 Å². The number of anilines is 2. The summed E-state index contributed by atoms with van der Waals surface area (Å²) < 4.78 is 14.0. The summed E-state index contributed by atoms with van der Waals surface area (Å²) in [5.41, 5.74) is 4.67. The average molecular weight is 406 g/mol. The van der Waals surface area contributed by atoms with Crippen LogP contribution in [0.3, 0.4) is 0 Å². The molecule has 0 saturated carbocycles. The van der Waals surface area contributed by atoms with Crippen LogP contribution < -0.4 is 10.6 Å². The van der Waals surface area contributed by atoms with Gasteiger partial charge in [0, 0.05) is 10.6 Å². The van der Waals surface area contributed by atoms with Crippen molar-refractivity contribution in [1.29, 1.82) is 0 Å². The first-order chi connectivity index (χ1) is 14.0. The maximum absolute atomic E-state index is 13.2. The minimum atomic E-state index is -0.271. The number of rotatable bonds is 5. The lowest BCUT2D eigenvalue weighted by Crippen LogP contribution is -2.22. The quantitative estimate of drug-likeness (QED) is 0.480. The lowest BCUT2D eigenvalue weighted by Gasteiger charge is -2.11. The molecule has 4 rings (SSSR count). The van der Waals surface area contributed by atoms with Gasteiger partial charge in [-0.05, 0) is 54.8 Å². The number of amides is 1. The van der Waals surface area contributed by atoms with E-state index >= 15 is 0 Å². The van der Waals surface area contributed by atoms with Crippen molar-refractivity contribution >= 4 is 39.0 Å². The first kappa shape index (κ1) is 19.0. The molecule has 7 heteroatoms. The molecule has 2 aromatic heterocycles. The SMILES string of the molecule is Cc1cccc(NC(=O)CNc2ncnc3cc(-c4ccc(F)cc4)sc23)c1C. The predicted molar refractivity (Wildman–Crippen MR) is 116 cm³/mol. The Morgan fingerprint density at radius 1 is 1.10 bits per heavy atom. The van der Waals surface area contributed by atoms with Gasteiger partial charge in [-0.3, -0.25) is 4.79 Å². The summed E-state index contributed by atoms with van der Waals surface area (Å²) >= 11 is 1.50. The minimum Gasteiger partial charge on any atom is -0.360 e. The summed E-state index contributed by atoms with van der Waals surface area (Å²) in [5.74, 6) is 0.178. The lowest BCUT2D eigenvalue weighted by atomic mass is 10.1. The van der Waals surface area contributed by atoms with Gasteiger partial charge in [0.05, 0.1) is 16.8 Å². The summed E-state index contributed by atoms with van der Waals surface area (Å²) in [6, 6.07) is 14.1. The van der Waals surface area contributed by atoms with Gasteiger partial charge < -0.3 is 10.6 Å². The van der Waals surface area contributed by atoms with Gasteiger partial charge in [-0.1, -0.05) is 24.3 Å². The Labute approximate surface area is 171 Å². The summed E-state index contributed by atoms with van der Waals surface area (Å²) in [6.45, 7) is 4.08. The van der Waals surface area contributed by atoms with Crippen LogP contribution in [-0.4, -0.2) is 22.4 Å². The second-order valence-electron chi connectivity index (χ2n) is 6.70. The van der Waals surface area contributed by atoms with Crippen molar-refractivity contribution < 1.29 is 9.18 Å². The highest BCUT2D eigenvalue weighted by atomic mass is 32.1. The molecule has 0 radical (unpaired) electrons. The third-order valence-electron chi connectivity index (χ3n) is 4.74. The molecule has 1 amide bonds. The van der Waals surface area contributed by atoms with Crippen molar-refractivity contribution in [2.45, 2.75) is 13.8 Å². The zero-order chi connectivity index (χ0) is 20.4. The van der Waals surface area contributed by atoms with Crippen LogP contribution in [0, 0.1) is 19.7 Å². The van der Waals surface area contributed by atoms with Gasteiger partial charge in [-0.25, -0.2) is 14.4 Å². The number of fused-ring (bicyclic) bond motifs is 1. The first-order valence-corrected chi connectivity index (χ1v) is 9.93. The number of nitrogens with zero attached hydrogens (tertiary/aromatic N) is 2. The molecule has 2 N–H and O–H groups in total. The van der Waals surface area contributed by atoms with E-state index in [1.807, 2.05) is 38.1 Å². The fourth-order valence-electron chi connectivity index (χ4n) is 2.98. The van der Waals surface area contributed by atoms with E-state index in [0.29, 0.717) is 5.82 Å². The number of aromatic nitrogens is 2. The first-order valence-electron chi connectivity index (χ1n) is 9.11. The molecule has 2 aromatic carbocycles. The molecule has 4 aromatic rings. The van der Waals surface area contributed by atoms with Crippen LogP contribution in [0.15, 0.2) is 54.9 Å². The molecule has 0 bridgehead atoms. The fraction of sp³-hybridized carbons (Fsp3) is 0.136. The topological polar surface area (TPSA) is 66.9 Å². The number of carbonyl (C=O) groups is 1. The average Bonchev–Trinajstić information content (AvgIpc) is 3.15. The van der Waals surface area contributed by atoms with Crippen LogP contribution >= 0.6 is 11.3 Å². The number of carbonyl (C=O) groups excluding carboxylic acids is 1. The standard InChI is InChI=1S/C22H19FN4OS/c1-13-4-3-5-17(14(13)2)27-20(28)11-24-22-21-18(25-12-26-22)10-19(29-21)15-6-8-16(23)9-7-15/h3-10,12H,11H2,1-2H3,(H,27,28)(H,24,25,26). The third kappa shape index (κ3) is 4.09. The Bertz CT molecular complexity index is 1190.